The zero-order valence-electron chi connectivity index (χ0n) is 7.26. The highest BCUT2D eigenvalue weighted by Crippen LogP contribution is 2.11. The molecule has 3 nitrogen and oxygen atoms in total. The predicted octanol–water partition coefficient (Wildman–Crippen LogP) is 0.0742. The summed E-state index contributed by atoms with van der Waals surface area (Å²) in [5.74, 6) is 0.482. The van der Waals surface area contributed by atoms with Crippen molar-refractivity contribution in [3.05, 3.63) is 0 Å². The summed E-state index contributed by atoms with van der Waals surface area (Å²) in [7, 11) is 3.63. The first-order chi connectivity index (χ1) is 5.22. The summed E-state index contributed by atoms with van der Waals surface area (Å²) in [6.07, 6.45) is 2.17. The molecule has 1 heterocycles. The maximum Gasteiger partial charge on any atom is 0.226 e. The lowest BCUT2D eigenvalue weighted by molar-refractivity contribution is -0.133. The smallest absolute Gasteiger partial charge is 0.226 e. The minimum atomic E-state index is 0.221. The number of nitrogens with one attached hydrogen (secondary N) is 1. The van der Waals surface area contributed by atoms with Gasteiger partial charge in [0.25, 0.3) is 0 Å². The molecule has 64 valence electrons. The van der Waals surface area contributed by atoms with Crippen LogP contribution in [-0.4, -0.2) is 38.0 Å². The van der Waals surface area contributed by atoms with E-state index in [0.29, 0.717) is 0 Å². The first-order valence-corrected chi connectivity index (χ1v) is 4.13. The number of carbonyl (C=O) groups excluding carboxylic acids is 1. The number of piperidine rings is 1. The van der Waals surface area contributed by atoms with Crippen LogP contribution in [0.15, 0.2) is 0 Å². The van der Waals surface area contributed by atoms with Crippen molar-refractivity contribution in [3.63, 3.8) is 0 Å². The summed E-state index contributed by atoms with van der Waals surface area (Å²) >= 11 is 0. The second-order valence-electron chi connectivity index (χ2n) is 3.28. The van der Waals surface area contributed by atoms with Crippen LogP contribution in [0.4, 0.5) is 0 Å². The zero-order chi connectivity index (χ0) is 8.27. The molecule has 1 N–H and O–H groups in total. The Balaban J connectivity index is 2.39. The van der Waals surface area contributed by atoms with Crippen LogP contribution >= 0.6 is 0 Å². The highest BCUT2D eigenvalue weighted by molar-refractivity contribution is 5.78. The number of nitrogens with zero attached hydrogens (tertiary/aromatic N) is 1. The minimum Gasteiger partial charge on any atom is -0.349 e. The van der Waals surface area contributed by atoms with Crippen LogP contribution < -0.4 is 5.32 Å². The van der Waals surface area contributed by atoms with E-state index >= 15 is 0 Å². The van der Waals surface area contributed by atoms with Gasteiger partial charge in [-0.2, -0.15) is 0 Å². The van der Waals surface area contributed by atoms with Crippen molar-refractivity contribution < 1.29 is 4.79 Å². The van der Waals surface area contributed by atoms with Gasteiger partial charge in [0, 0.05) is 20.6 Å². The Labute approximate surface area is 67.8 Å². The molecule has 0 aromatic heterocycles. The SMILES string of the molecule is CN(C)C(=O)[C@H]1CCCNC1. The van der Waals surface area contributed by atoms with E-state index in [2.05, 4.69) is 5.32 Å². The van der Waals surface area contributed by atoms with Crippen molar-refractivity contribution in [2.24, 2.45) is 5.92 Å². The molecule has 1 saturated heterocycles. The summed E-state index contributed by atoms with van der Waals surface area (Å²) in [5, 5.41) is 3.22. The lowest BCUT2D eigenvalue weighted by Crippen LogP contribution is -2.39. The van der Waals surface area contributed by atoms with Crippen molar-refractivity contribution in [2.75, 3.05) is 27.2 Å². The van der Waals surface area contributed by atoms with E-state index in [1.54, 1.807) is 4.90 Å². The Morgan fingerprint density at radius 2 is 2.27 bits per heavy atom. The van der Waals surface area contributed by atoms with E-state index in [4.69, 9.17) is 0 Å². The molecular weight excluding hydrogens is 140 g/mol. The fourth-order valence-corrected chi connectivity index (χ4v) is 1.43. The summed E-state index contributed by atoms with van der Waals surface area (Å²) < 4.78 is 0. The van der Waals surface area contributed by atoms with E-state index < -0.39 is 0 Å². The number of amides is 1. The molecule has 1 atom stereocenters. The Kier molecular flexibility index (Phi) is 2.88. The molecule has 1 amide bonds. The van der Waals surface area contributed by atoms with Crippen LogP contribution in [0.5, 0.6) is 0 Å². The summed E-state index contributed by atoms with van der Waals surface area (Å²) in [5.41, 5.74) is 0. The van der Waals surface area contributed by atoms with Gasteiger partial charge in [0.05, 0.1) is 5.92 Å². The number of hydrogen-bond donors (Lipinski definition) is 1. The molecule has 0 spiro atoms. The maximum atomic E-state index is 11.4. The first kappa shape index (κ1) is 8.53. The Hall–Kier alpha value is -0.570. The van der Waals surface area contributed by atoms with Gasteiger partial charge in [-0.3, -0.25) is 4.79 Å². The van der Waals surface area contributed by atoms with E-state index in [-0.39, 0.29) is 11.8 Å². The monoisotopic (exact) mass is 156 g/mol. The van der Waals surface area contributed by atoms with Crippen LogP contribution in [0.2, 0.25) is 0 Å². The zero-order valence-corrected chi connectivity index (χ0v) is 7.26. The van der Waals surface area contributed by atoms with Crippen molar-refractivity contribution in [1.82, 2.24) is 10.2 Å². The van der Waals surface area contributed by atoms with E-state index in [1.165, 1.54) is 0 Å². The first-order valence-electron chi connectivity index (χ1n) is 4.13. The normalized spacial score (nSPS) is 24.7. The highest BCUT2D eigenvalue weighted by atomic mass is 16.2. The van der Waals surface area contributed by atoms with Gasteiger partial charge in [0.15, 0.2) is 0 Å². The van der Waals surface area contributed by atoms with E-state index in [1.807, 2.05) is 14.1 Å². The molecule has 1 rings (SSSR count). The van der Waals surface area contributed by atoms with Gasteiger partial charge in [-0.15, -0.1) is 0 Å². The molecule has 3 heteroatoms. The van der Waals surface area contributed by atoms with Crippen molar-refractivity contribution in [2.45, 2.75) is 12.8 Å². The third-order valence-electron chi connectivity index (χ3n) is 2.09. The lowest BCUT2D eigenvalue weighted by Gasteiger charge is -2.24. The van der Waals surface area contributed by atoms with Crippen molar-refractivity contribution >= 4 is 5.91 Å². The Morgan fingerprint density at radius 3 is 2.73 bits per heavy atom. The average Bonchev–Trinajstić information content (AvgIpc) is 2.05. The summed E-state index contributed by atoms with van der Waals surface area (Å²) in [6.45, 7) is 1.92. The molecule has 0 aromatic rings. The fourth-order valence-electron chi connectivity index (χ4n) is 1.43. The lowest BCUT2D eigenvalue weighted by atomic mass is 9.98. The standard InChI is InChI=1S/C8H16N2O/c1-10(2)8(11)7-4-3-5-9-6-7/h7,9H,3-6H2,1-2H3/t7-/m0/s1. The maximum absolute atomic E-state index is 11.4. The molecule has 0 aliphatic carbocycles. The molecular formula is C8H16N2O. The van der Waals surface area contributed by atoms with E-state index in [0.717, 1.165) is 25.9 Å². The topological polar surface area (TPSA) is 32.3 Å². The van der Waals surface area contributed by atoms with Gasteiger partial charge in [-0.25, -0.2) is 0 Å². The van der Waals surface area contributed by atoms with Gasteiger partial charge in [-0.05, 0) is 19.4 Å². The van der Waals surface area contributed by atoms with Crippen LogP contribution in [0.1, 0.15) is 12.8 Å². The van der Waals surface area contributed by atoms with E-state index in [9.17, 15) is 4.79 Å². The number of hydrogen-bond acceptors (Lipinski definition) is 2. The summed E-state index contributed by atoms with van der Waals surface area (Å²) in [6, 6.07) is 0. The molecule has 1 fully saturated rings. The van der Waals surface area contributed by atoms with Gasteiger partial charge in [-0.1, -0.05) is 0 Å². The summed E-state index contributed by atoms with van der Waals surface area (Å²) in [4.78, 5) is 13.1. The number of carbonyl (C=O) groups is 1. The molecule has 1 aliphatic rings. The van der Waals surface area contributed by atoms with Crippen LogP contribution in [0.3, 0.4) is 0 Å². The Bertz CT molecular complexity index is 139. The molecule has 0 saturated carbocycles. The molecule has 1 aliphatic heterocycles. The Morgan fingerprint density at radius 1 is 1.55 bits per heavy atom. The van der Waals surface area contributed by atoms with Crippen molar-refractivity contribution in [3.8, 4) is 0 Å². The largest absolute Gasteiger partial charge is 0.349 e. The third-order valence-corrected chi connectivity index (χ3v) is 2.09. The third kappa shape index (κ3) is 2.19. The van der Waals surface area contributed by atoms with Crippen molar-refractivity contribution in [1.29, 1.82) is 0 Å². The van der Waals surface area contributed by atoms with Crippen LogP contribution in [0, 0.1) is 5.92 Å². The van der Waals surface area contributed by atoms with Gasteiger partial charge < -0.3 is 10.2 Å². The quantitative estimate of drug-likeness (QED) is 0.583. The second kappa shape index (κ2) is 3.72. The highest BCUT2D eigenvalue weighted by Gasteiger charge is 2.21. The van der Waals surface area contributed by atoms with Gasteiger partial charge in [0.2, 0.25) is 5.91 Å². The fraction of sp³-hybridized carbons (Fsp3) is 0.875. The van der Waals surface area contributed by atoms with Crippen LogP contribution in [0.25, 0.3) is 0 Å². The predicted molar refractivity (Wildman–Crippen MR) is 44.3 cm³/mol. The number of rotatable bonds is 1. The molecule has 0 bridgehead atoms. The molecule has 0 radical (unpaired) electrons. The van der Waals surface area contributed by atoms with Gasteiger partial charge >= 0.3 is 0 Å². The molecule has 0 unspecified atom stereocenters. The average molecular weight is 156 g/mol. The van der Waals surface area contributed by atoms with Gasteiger partial charge in [0.1, 0.15) is 0 Å². The molecule has 11 heavy (non-hydrogen) atoms. The van der Waals surface area contributed by atoms with Crippen LogP contribution in [-0.2, 0) is 4.79 Å². The molecule has 0 aromatic carbocycles. The minimum absolute atomic E-state index is 0.221. The second-order valence-corrected chi connectivity index (χ2v) is 3.28.